The molecule has 0 bridgehead atoms. The van der Waals surface area contributed by atoms with Crippen LogP contribution in [-0.4, -0.2) is 54.4 Å². The number of methoxy groups -OCH3 is 2. The first-order chi connectivity index (χ1) is 11.1. The van der Waals surface area contributed by atoms with Gasteiger partial charge in [-0.25, -0.2) is 0 Å². The van der Waals surface area contributed by atoms with E-state index in [1.165, 1.54) is 0 Å². The molecule has 1 aliphatic carbocycles. The van der Waals surface area contributed by atoms with Crippen molar-refractivity contribution in [1.82, 2.24) is 15.0 Å². The highest BCUT2D eigenvalue weighted by Crippen LogP contribution is 2.41. The molecule has 7 heteroatoms. The lowest BCUT2D eigenvalue weighted by Crippen LogP contribution is -2.46. The molecule has 128 valence electrons. The van der Waals surface area contributed by atoms with E-state index in [9.17, 15) is 4.79 Å². The number of piperidine rings is 1. The second-order valence-corrected chi connectivity index (χ2v) is 6.56. The number of hydrogen-bond donors (Lipinski definition) is 0. The molecule has 1 atom stereocenters. The number of amides is 1. The number of carbonyl (C=O) groups is 1. The average Bonchev–Trinajstić information content (AvgIpc) is 3.31. The van der Waals surface area contributed by atoms with Crippen molar-refractivity contribution >= 4 is 5.91 Å². The molecule has 1 aromatic rings. The van der Waals surface area contributed by atoms with Crippen LogP contribution in [-0.2, 0) is 19.9 Å². The monoisotopic (exact) mass is 323 g/mol. The Bertz CT molecular complexity index is 547. The molecule has 23 heavy (non-hydrogen) atoms. The molecule has 1 saturated carbocycles. The van der Waals surface area contributed by atoms with E-state index in [2.05, 4.69) is 10.1 Å². The first kappa shape index (κ1) is 16.4. The van der Waals surface area contributed by atoms with Crippen molar-refractivity contribution < 1.29 is 18.8 Å². The van der Waals surface area contributed by atoms with Gasteiger partial charge in [-0.1, -0.05) is 5.16 Å². The largest absolute Gasteiger partial charge is 0.381 e. The molecule has 1 saturated heterocycles. The van der Waals surface area contributed by atoms with Crippen LogP contribution in [0.4, 0.5) is 0 Å². The number of nitrogens with zero attached hydrogens (tertiary/aromatic N) is 3. The Hall–Kier alpha value is -1.47. The minimum Gasteiger partial charge on any atom is -0.381 e. The van der Waals surface area contributed by atoms with E-state index >= 15 is 0 Å². The summed E-state index contributed by atoms with van der Waals surface area (Å²) >= 11 is 0. The van der Waals surface area contributed by atoms with Gasteiger partial charge >= 0.3 is 0 Å². The number of carbonyl (C=O) groups excluding carboxylic acids is 1. The molecule has 0 spiro atoms. The minimum absolute atomic E-state index is 0.0614. The minimum atomic E-state index is -0.566. The average molecular weight is 323 g/mol. The van der Waals surface area contributed by atoms with Gasteiger partial charge in [0.15, 0.2) is 5.82 Å². The third kappa shape index (κ3) is 3.40. The predicted octanol–water partition coefficient (Wildman–Crippen LogP) is 1.84. The molecule has 0 N–H and O–H groups in total. The van der Waals surface area contributed by atoms with Gasteiger partial charge in [0.25, 0.3) is 5.89 Å². The number of rotatable bonds is 6. The quantitative estimate of drug-likeness (QED) is 0.795. The van der Waals surface area contributed by atoms with Gasteiger partial charge in [-0.3, -0.25) is 4.79 Å². The summed E-state index contributed by atoms with van der Waals surface area (Å²) in [4.78, 5) is 18.7. The van der Waals surface area contributed by atoms with E-state index < -0.39 is 5.60 Å². The zero-order chi connectivity index (χ0) is 16.4. The van der Waals surface area contributed by atoms with Gasteiger partial charge in [0.05, 0.1) is 12.5 Å². The molecule has 1 aromatic heterocycles. The van der Waals surface area contributed by atoms with E-state index in [4.69, 9.17) is 14.0 Å². The SMILES string of the molecule is COC(C)CC(=O)N1CCC(OC)(c2nc(C3CC3)no2)CC1. The first-order valence-electron chi connectivity index (χ1n) is 8.28. The Kier molecular flexibility index (Phi) is 4.68. The van der Waals surface area contributed by atoms with Crippen LogP contribution in [0.3, 0.4) is 0 Å². The Labute approximate surface area is 136 Å². The van der Waals surface area contributed by atoms with Crippen LogP contribution in [0.2, 0.25) is 0 Å². The van der Waals surface area contributed by atoms with Crippen molar-refractivity contribution in [2.45, 2.75) is 56.7 Å². The summed E-state index contributed by atoms with van der Waals surface area (Å²) < 4.78 is 16.4. The van der Waals surface area contributed by atoms with Gasteiger partial charge in [0.1, 0.15) is 5.60 Å². The van der Waals surface area contributed by atoms with E-state index in [-0.39, 0.29) is 12.0 Å². The maximum Gasteiger partial charge on any atom is 0.259 e. The lowest BCUT2D eigenvalue weighted by Gasteiger charge is -2.38. The van der Waals surface area contributed by atoms with Crippen LogP contribution in [0.1, 0.15) is 56.7 Å². The van der Waals surface area contributed by atoms with Crippen LogP contribution < -0.4 is 0 Å². The van der Waals surface area contributed by atoms with Gasteiger partial charge in [-0.15, -0.1) is 0 Å². The third-order valence-corrected chi connectivity index (χ3v) is 4.95. The maximum atomic E-state index is 12.3. The smallest absolute Gasteiger partial charge is 0.259 e. The molecular formula is C16H25N3O4. The number of aromatic nitrogens is 2. The number of hydrogen-bond acceptors (Lipinski definition) is 6. The van der Waals surface area contributed by atoms with Crippen LogP contribution in [0.25, 0.3) is 0 Å². The maximum absolute atomic E-state index is 12.3. The molecule has 2 fully saturated rings. The fraction of sp³-hybridized carbons (Fsp3) is 0.812. The highest BCUT2D eigenvalue weighted by atomic mass is 16.5. The Morgan fingerprint density at radius 2 is 2.09 bits per heavy atom. The molecule has 2 aliphatic rings. The van der Waals surface area contributed by atoms with E-state index in [1.807, 2.05) is 11.8 Å². The summed E-state index contributed by atoms with van der Waals surface area (Å²) in [6.45, 7) is 3.16. The molecular weight excluding hydrogens is 298 g/mol. The second-order valence-electron chi connectivity index (χ2n) is 6.56. The Balaban J connectivity index is 1.63. The van der Waals surface area contributed by atoms with Crippen LogP contribution in [0.5, 0.6) is 0 Å². The van der Waals surface area contributed by atoms with Crippen LogP contribution in [0.15, 0.2) is 4.52 Å². The highest BCUT2D eigenvalue weighted by molar-refractivity contribution is 5.76. The summed E-state index contributed by atoms with van der Waals surface area (Å²) in [5, 5.41) is 4.09. The van der Waals surface area contributed by atoms with Crippen molar-refractivity contribution in [3.63, 3.8) is 0 Å². The lowest BCUT2D eigenvalue weighted by molar-refractivity contribution is -0.141. The summed E-state index contributed by atoms with van der Waals surface area (Å²) in [5.41, 5.74) is -0.566. The molecule has 0 radical (unpaired) electrons. The predicted molar refractivity (Wildman–Crippen MR) is 81.9 cm³/mol. The standard InChI is InChI=1S/C16H25N3O4/c1-11(21-2)10-13(20)19-8-6-16(22-3,7-9-19)15-17-14(18-23-15)12-4-5-12/h11-12H,4-10H2,1-3H3. The van der Waals surface area contributed by atoms with Crippen molar-refractivity contribution in [3.05, 3.63) is 11.7 Å². The number of ether oxygens (including phenoxy) is 2. The molecule has 0 aromatic carbocycles. The van der Waals surface area contributed by atoms with E-state index in [1.54, 1.807) is 14.2 Å². The molecule has 3 rings (SSSR count). The highest BCUT2D eigenvalue weighted by Gasteiger charge is 2.43. The van der Waals surface area contributed by atoms with E-state index in [0.717, 1.165) is 18.7 Å². The van der Waals surface area contributed by atoms with Crippen LogP contribution >= 0.6 is 0 Å². The van der Waals surface area contributed by atoms with Gasteiger partial charge in [-0.2, -0.15) is 4.98 Å². The van der Waals surface area contributed by atoms with Gasteiger partial charge < -0.3 is 18.9 Å². The van der Waals surface area contributed by atoms with Crippen LogP contribution in [0, 0.1) is 0 Å². The Morgan fingerprint density at radius 1 is 1.39 bits per heavy atom. The summed E-state index contributed by atoms with van der Waals surface area (Å²) in [6.07, 6.45) is 3.96. The summed E-state index contributed by atoms with van der Waals surface area (Å²) in [5.74, 6) is 1.93. The van der Waals surface area contributed by atoms with Gasteiger partial charge in [-0.05, 0) is 19.8 Å². The van der Waals surface area contributed by atoms with E-state index in [0.29, 0.717) is 44.2 Å². The fourth-order valence-electron chi connectivity index (χ4n) is 3.01. The van der Waals surface area contributed by atoms with Gasteiger partial charge in [0, 0.05) is 46.1 Å². The fourth-order valence-corrected chi connectivity index (χ4v) is 3.01. The summed E-state index contributed by atoms with van der Waals surface area (Å²) in [6, 6.07) is 0. The zero-order valence-electron chi connectivity index (χ0n) is 14.1. The number of likely N-dealkylation sites (tertiary alicyclic amines) is 1. The normalized spacial score (nSPS) is 22.1. The molecule has 1 aliphatic heterocycles. The molecule has 1 unspecified atom stereocenters. The van der Waals surface area contributed by atoms with Crippen molar-refractivity contribution in [2.24, 2.45) is 0 Å². The second kappa shape index (κ2) is 6.57. The molecule has 1 amide bonds. The van der Waals surface area contributed by atoms with Crippen molar-refractivity contribution in [1.29, 1.82) is 0 Å². The van der Waals surface area contributed by atoms with Crippen molar-refractivity contribution in [3.8, 4) is 0 Å². The third-order valence-electron chi connectivity index (χ3n) is 4.95. The molecule has 2 heterocycles. The lowest BCUT2D eigenvalue weighted by atomic mass is 9.90. The zero-order valence-corrected chi connectivity index (χ0v) is 14.1. The topological polar surface area (TPSA) is 77.7 Å². The Morgan fingerprint density at radius 3 is 2.65 bits per heavy atom. The van der Waals surface area contributed by atoms with Crippen molar-refractivity contribution in [2.75, 3.05) is 27.3 Å². The summed E-state index contributed by atoms with van der Waals surface area (Å²) in [7, 11) is 3.29. The molecule has 7 nitrogen and oxygen atoms in total. The first-order valence-corrected chi connectivity index (χ1v) is 8.28. The van der Waals surface area contributed by atoms with Gasteiger partial charge in [0.2, 0.25) is 5.91 Å².